The molecule has 0 radical (unpaired) electrons. The zero-order chi connectivity index (χ0) is 20.0. The zero-order valence-electron chi connectivity index (χ0n) is 16.8. The molecule has 1 heterocycles. The number of rotatable bonds is 10. The summed E-state index contributed by atoms with van der Waals surface area (Å²) in [5.41, 5.74) is 0.690. The molecule has 0 bridgehead atoms. The Labute approximate surface area is 159 Å². The minimum Gasteiger partial charge on any atom is -0.493 e. The second-order valence-electron chi connectivity index (χ2n) is 6.56. The van der Waals surface area contributed by atoms with Crippen LogP contribution in [0.25, 0.3) is 11.4 Å². The standard InChI is InChI=1S/C19H29N3O5/c1-7-13(23)10-20-16(11(2)3)19-21-18(22-27-19)12-8-14(24-4)17(26-6)15(9-12)25-5/h8-9,11,13,16,20,23H,7,10H2,1-6H3. The molecule has 0 amide bonds. The predicted molar refractivity (Wildman–Crippen MR) is 101 cm³/mol. The van der Waals surface area contributed by atoms with Crippen LogP contribution in [0.1, 0.15) is 39.1 Å². The summed E-state index contributed by atoms with van der Waals surface area (Å²) in [6.45, 7) is 6.51. The lowest BCUT2D eigenvalue weighted by atomic mass is 10.0. The van der Waals surface area contributed by atoms with Crippen LogP contribution in [0.4, 0.5) is 0 Å². The van der Waals surface area contributed by atoms with Gasteiger partial charge in [-0.3, -0.25) is 0 Å². The van der Waals surface area contributed by atoms with Crippen LogP contribution in [0, 0.1) is 5.92 Å². The Kier molecular flexibility index (Phi) is 7.44. The quantitative estimate of drug-likeness (QED) is 0.650. The first-order valence-corrected chi connectivity index (χ1v) is 9.00. The Morgan fingerprint density at radius 1 is 1.11 bits per heavy atom. The van der Waals surface area contributed by atoms with Crippen LogP contribution in [0.3, 0.4) is 0 Å². The minimum atomic E-state index is -0.413. The van der Waals surface area contributed by atoms with E-state index in [1.165, 1.54) is 0 Å². The van der Waals surface area contributed by atoms with Crippen LogP contribution in [-0.2, 0) is 0 Å². The molecule has 0 aliphatic heterocycles. The molecular formula is C19H29N3O5. The first-order chi connectivity index (χ1) is 12.9. The van der Waals surface area contributed by atoms with Gasteiger partial charge in [-0.25, -0.2) is 0 Å². The van der Waals surface area contributed by atoms with Crippen LogP contribution in [-0.4, -0.2) is 49.2 Å². The molecule has 2 aromatic rings. The van der Waals surface area contributed by atoms with Gasteiger partial charge in [0.25, 0.3) is 0 Å². The van der Waals surface area contributed by atoms with E-state index in [1.807, 2.05) is 6.92 Å². The minimum absolute atomic E-state index is 0.158. The molecule has 8 heteroatoms. The van der Waals surface area contributed by atoms with Crippen LogP contribution >= 0.6 is 0 Å². The molecular weight excluding hydrogens is 350 g/mol. The van der Waals surface area contributed by atoms with Gasteiger partial charge in [-0.15, -0.1) is 0 Å². The van der Waals surface area contributed by atoms with E-state index in [4.69, 9.17) is 18.7 Å². The number of aliphatic hydroxyl groups is 1. The van der Waals surface area contributed by atoms with Crippen molar-refractivity contribution >= 4 is 0 Å². The average molecular weight is 379 g/mol. The molecule has 2 rings (SSSR count). The van der Waals surface area contributed by atoms with Crippen molar-refractivity contribution in [1.29, 1.82) is 0 Å². The summed E-state index contributed by atoms with van der Waals surface area (Å²) in [7, 11) is 4.66. The molecule has 0 aliphatic carbocycles. The third-order valence-electron chi connectivity index (χ3n) is 4.34. The molecule has 2 N–H and O–H groups in total. The molecule has 0 spiro atoms. The fourth-order valence-electron chi connectivity index (χ4n) is 2.70. The van der Waals surface area contributed by atoms with Gasteiger partial charge in [0.2, 0.25) is 17.5 Å². The predicted octanol–water partition coefficient (Wildman–Crippen LogP) is 2.82. The number of hydrogen-bond acceptors (Lipinski definition) is 8. The average Bonchev–Trinajstić information content (AvgIpc) is 3.16. The van der Waals surface area contributed by atoms with E-state index in [0.29, 0.717) is 47.5 Å². The molecule has 150 valence electrons. The van der Waals surface area contributed by atoms with Gasteiger partial charge in [0.05, 0.1) is 33.5 Å². The highest BCUT2D eigenvalue weighted by Crippen LogP contribution is 2.40. The number of nitrogens with zero attached hydrogens (tertiary/aromatic N) is 2. The Morgan fingerprint density at radius 2 is 1.74 bits per heavy atom. The fraction of sp³-hybridized carbons (Fsp3) is 0.579. The topological polar surface area (TPSA) is 98.9 Å². The molecule has 27 heavy (non-hydrogen) atoms. The van der Waals surface area contributed by atoms with Crippen LogP contribution in [0.2, 0.25) is 0 Å². The first kappa shape index (κ1) is 21.0. The van der Waals surface area contributed by atoms with Crippen molar-refractivity contribution in [2.24, 2.45) is 5.92 Å². The Balaban J connectivity index is 2.32. The van der Waals surface area contributed by atoms with E-state index in [0.717, 1.165) is 0 Å². The summed E-state index contributed by atoms with van der Waals surface area (Å²) in [5.74, 6) is 2.64. The van der Waals surface area contributed by atoms with E-state index in [-0.39, 0.29) is 12.0 Å². The van der Waals surface area contributed by atoms with E-state index >= 15 is 0 Å². The Hall–Kier alpha value is -2.32. The summed E-state index contributed by atoms with van der Waals surface area (Å²) >= 11 is 0. The SMILES string of the molecule is CCC(O)CNC(c1nc(-c2cc(OC)c(OC)c(OC)c2)no1)C(C)C. The lowest BCUT2D eigenvalue weighted by molar-refractivity contribution is 0.154. The van der Waals surface area contributed by atoms with E-state index < -0.39 is 6.10 Å². The van der Waals surface area contributed by atoms with Gasteiger partial charge in [0.15, 0.2) is 11.5 Å². The summed E-state index contributed by atoms with van der Waals surface area (Å²) < 4.78 is 21.6. The molecule has 8 nitrogen and oxygen atoms in total. The fourth-order valence-corrected chi connectivity index (χ4v) is 2.70. The highest BCUT2D eigenvalue weighted by Gasteiger charge is 2.24. The molecule has 2 unspecified atom stereocenters. The lowest BCUT2D eigenvalue weighted by Gasteiger charge is -2.20. The Morgan fingerprint density at radius 3 is 2.22 bits per heavy atom. The molecule has 0 saturated heterocycles. The molecule has 0 fully saturated rings. The number of methoxy groups -OCH3 is 3. The number of benzene rings is 1. The van der Waals surface area contributed by atoms with Gasteiger partial charge in [-0.05, 0) is 24.5 Å². The normalized spacial score (nSPS) is 13.5. The van der Waals surface area contributed by atoms with Crippen LogP contribution in [0.5, 0.6) is 17.2 Å². The highest BCUT2D eigenvalue weighted by atomic mass is 16.5. The monoisotopic (exact) mass is 379 g/mol. The van der Waals surface area contributed by atoms with Crippen molar-refractivity contribution in [3.63, 3.8) is 0 Å². The lowest BCUT2D eigenvalue weighted by Crippen LogP contribution is -2.32. The number of aromatic nitrogens is 2. The molecule has 2 atom stereocenters. The molecule has 0 saturated carbocycles. The molecule has 1 aromatic carbocycles. The van der Waals surface area contributed by atoms with Gasteiger partial charge in [-0.2, -0.15) is 4.98 Å². The van der Waals surface area contributed by atoms with Gasteiger partial charge < -0.3 is 29.2 Å². The van der Waals surface area contributed by atoms with Crippen LogP contribution in [0.15, 0.2) is 16.7 Å². The number of aliphatic hydroxyl groups excluding tert-OH is 1. The smallest absolute Gasteiger partial charge is 0.244 e. The maximum atomic E-state index is 9.81. The van der Waals surface area contributed by atoms with Crippen molar-refractivity contribution in [3.8, 4) is 28.6 Å². The second kappa shape index (κ2) is 9.57. The van der Waals surface area contributed by atoms with Crippen molar-refractivity contribution < 1.29 is 23.8 Å². The number of ether oxygens (including phenoxy) is 3. The van der Waals surface area contributed by atoms with Crippen molar-refractivity contribution in [3.05, 3.63) is 18.0 Å². The maximum absolute atomic E-state index is 9.81. The largest absolute Gasteiger partial charge is 0.493 e. The van der Waals surface area contributed by atoms with Crippen molar-refractivity contribution in [1.82, 2.24) is 15.5 Å². The van der Waals surface area contributed by atoms with Gasteiger partial charge in [-0.1, -0.05) is 25.9 Å². The highest BCUT2D eigenvalue weighted by molar-refractivity contribution is 5.66. The van der Waals surface area contributed by atoms with E-state index in [9.17, 15) is 5.11 Å². The second-order valence-corrected chi connectivity index (χ2v) is 6.56. The molecule has 1 aromatic heterocycles. The summed E-state index contributed by atoms with van der Waals surface area (Å²) in [6.07, 6.45) is 0.266. The van der Waals surface area contributed by atoms with Crippen molar-refractivity contribution in [2.45, 2.75) is 39.3 Å². The van der Waals surface area contributed by atoms with Crippen molar-refractivity contribution in [2.75, 3.05) is 27.9 Å². The van der Waals surface area contributed by atoms with E-state index in [2.05, 4.69) is 29.3 Å². The zero-order valence-corrected chi connectivity index (χ0v) is 16.8. The molecule has 0 aliphatic rings. The maximum Gasteiger partial charge on any atom is 0.244 e. The first-order valence-electron chi connectivity index (χ1n) is 9.00. The van der Waals surface area contributed by atoms with Gasteiger partial charge in [0.1, 0.15) is 0 Å². The third-order valence-corrected chi connectivity index (χ3v) is 4.34. The van der Waals surface area contributed by atoms with Gasteiger partial charge in [0, 0.05) is 12.1 Å². The Bertz CT molecular complexity index is 707. The van der Waals surface area contributed by atoms with Crippen LogP contribution < -0.4 is 19.5 Å². The summed E-state index contributed by atoms with van der Waals surface area (Å²) in [6, 6.07) is 3.39. The summed E-state index contributed by atoms with van der Waals surface area (Å²) in [5, 5.41) is 17.2. The number of nitrogens with one attached hydrogen (secondary N) is 1. The van der Waals surface area contributed by atoms with Gasteiger partial charge >= 0.3 is 0 Å². The third kappa shape index (κ3) is 4.90. The van der Waals surface area contributed by atoms with E-state index in [1.54, 1.807) is 33.5 Å². The summed E-state index contributed by atoms with van der Waals surface area (Å²) in [4.78, 5) is 4.54. The number of hydrogen-bond donors (Lipinski definition) is 2.